The van der Waals surface area contributed by atoms with Gasteiger partial charge in [0.25, 0.3) is 5.91 Å². The van der Waals surface area contributed by atoms with E-state index in [4.69, 9.17) is 15.2 Å². The topological polar surface area (TPSA) is 128 Å². The second kappa shape index (κ2) is 9.19. The zero-order valence-corrected chi connectivity index (χ0v) is 21.5. The van der Waals surface area contributed by atoms with E-state index in [1.54, 1.807) is 18.2 Å². The quantitative estimate of drug-likeness (QED) is 0.137. The van der Waals surface area contributed by atoms with Crippen LogP contribution in [0, 0.1) is 5.82 Å². The van der Waals surface area contributed by atoms with Gasteiger partial charge in [0.2, 0.25) is 5.78 Å². The first-order valence-corrected chi connectivity index (χ1v) is 12.3. The number of rotatable bonds is 6. The van der Waals surface area contributed by atoms with Crippen LogP contribution >= 0.6 is 0 Å². The number of H-pyrrole nitrogens is 1. The van der Waals surface area contributed by atoms with Crippen LogP contribution in [0.25, 0.3) is 21.8 Å². The van der Waals surface area contributed by atoms with E-state index in [-0.39, 0.29) is 34.1 Å². The number of nitrogens with zero attached hydrogens (tertiary/aromatic N) is 2. The monoisotopic (exact) mass is 538 g/mol. The summed E-state index contributed by atoms with van der Waals surface area (Å²) in [6, 6.07) is 17.5. The lowest BCUT2D eigenvalue weighted by molar-refractivity contribution is -0.143. The molecule has 0 aliphatic carbocycles. The van der Waals surface area contributed by atoms with Gasteiger partial charge < -0.3 is 20.2 Å². The molecule has 0 saturated heterocycles. The molecule has 1 aliphatic rings. The number of hydrogen-bond donors (Lipinski definition) is 2. The summed E-state index contributed by atoms with van der Waals surface area (Å²) in [5.41, 5.74) is 6.58. The van der Waals surface area contributed by atoms with Crippen LogP contribution in [0.15, 0.2) is 72.9 Å². The number of pyridine rings is 1. The number of para-hydroxylation sites is 1. The summed E-state index contributed by atoms with van der Waals surface area (Å²) in [5, 5.41) is 1.59. The molecule has 5 aromatic rings. The number of fused-ring (bicyclic) bond motifs is 4. The third-order valence-electron chi connectivity index (χ3n) is 7.37. The van der Waals surface area contributed by atoms with Crippen LogP contribution in [0.2, 0.25) is 0 Å². The summed E-state index contributed by atoms with van der Waals surface area (Å²) in [6.07, 6.45) is 0.873. The first-order valence-electron chi connectivity index (χ1n) is 12.3. The maximum absolute atomic E-state index is 14.6. The summed E-state index contributed by atoms with van der Waals surface area (Å²) in [5.74, 6) is -2.57. The highest BCUT2D eigenvalue weighted by atomic mass is 19.1. The van der Waals surface area contributed by atoms with E-state index in [1.807, 2.05) is 24.3 Å². The largest absolute Gasteiger partial charge is 0.495 e. The van der Waals surface area contributed by atoms with Gasteiger partial charge in [-0.2, -0.15) is 0 Å². The molecule has 2 aromatic heterocycles. The van der Waals surface area contributed by atoms with Crippen molar-refractivity contribution in [1.82, 2.24) is 9.97 Å². The minimum Gasteiger partial charge on any atom is -0.495 e. The van der Waals surface area contributed by atoms with Gasteiger partial charge in [0.1, 0.15) is 17.3 Å². The number of aromatic amines is 1. The smallest absolute Gasteiger partial charge is 0.307 e. The molecule has 1 unspecified atom stereocenters. The summed E-state index contributed by atoms with van der Waals surface area (Å²) < 4.78 is 24.2. The van der Waals surface area contributed by atoms with Crippen molar-refractivity contribution in [3.63, 3.8) is 0 Å². The molecule has 1 atom stereocenters. The van der Waals surface area contributed by atoms with Gasteiger partial charge in [0.05, 0.1) is 43.7 Å². The van der Waals surface area contributed by atoms with Crippen LogP contribution in [0.5, 0.6) is 5.75 Å². The molecule has 3 aromatic carbocycles. The molecule has 0 spiro atoms. The Morgan fingerprint density at radius 3 is 2.50 bits per heavy atom. The molecule has 0 fully saturated rings. The van der Waals surface area contributed by atoms with E-state index < -0.39 is 35.3 Å². The average Bonchev–Trinajstić information content (AvgIpc) is 3.46. The molecule has 1 amide bonds. The minimum absolute atomic E-state index is 0.0170. The summed E-state index contributed by atoms with van der Waals surface area (Å²) >= 11 is 0. The molecule has 9 nitrogen and oxygen atoms in total. The predicted octanol–water partition coefficient (Wildman–Crippen LogP) is 4.81. The van der Waals surface area contributed by atoms with Crippen molar-refractivity contribution in [2.75, 3.05) is 24.9 Å². The number of ketones is 1. The van der Waals surface area contributed by atoms with Crippen LogP contribution in [-0.2, 0) is 19.7 Å². The standard InChI is InChI=1S/C30H23FN4O5/c1-39-24-12-11-23-26(27(24)32)30(14-25(36)40-2,29(38)35(23)17-9-7-16(31)8-10-17)28(37)21-13-19-18-5-3-4-6-20(18)34-22(19)15-33-21/h3-13,15,34H,14,32H2,1-2H3. The third-order valence-corrected chi connectivity index (χ3v) is 7.37. The second-order valence-corrected chi connectivity index (χ2v) is 9.47. The summed E-state index contributed by atoms with van der Waals surface area (Å²) in [4.78, 5) is 50.9. The van der Waals surface area contributed by atoms with Crippen LogP contribution in [-0.4, -0.2) is 41.8 Å². The number of nitrogen functional groups attached to an aromatic ring is 1. The van der Waals surface area contributed by atoms with Crippen LogP contribution < -0.4 is 15.4 Å². The number of hydrogen-bond acceptors (Lipinski definition) is 7. The molecule has 40 heavy (non-hydrogen) atoms. The van der Waals surface area contributed by atoms with Crippen LogP contribution in [0.1, 0.15) is 22.5 Å². The number of carbonyl (C=O) groups is 3. The normalized spacial score (nSPS) is 16.4. The Bertz CT molecular complexity index is 1850. The van der Waals surface area contributed by atoms with Crippen molar-refractivity contribution < 1.29 is 28.2 Å². The zero-order valence-electron chi connectivity index (χ0n) is 21.5. The molecule has 0 bridgehead atoms. The second-order valence-electron chi connectivity index (χ2n) is 9.47. The molecule has 6 rings (SSSR count). The lowest BCUT2D eigenvalue weighted by Gasteiger charge is -2.27. The molecule has 0 saturated carbocycles. The fourth-order valence-electron chi connectivity index (χ4n) is 5.49. The molecule has 10 heteroatoms. The fourth-order valence-corrected chi connectivity index (χ4v) is 5.49. The third kappa shape index (κ3) is 3.53. The van der Waals surface area contributed by atoms with Crippen LogP contribution in [0.4, 0.5) is 21.5 Å². The summed E-state index contributed by atoms with van der Waals surface area (Å²) in [7, 11) is 2.58. The lowest BCUT2D eigenvalue weighted by atomic mass is 9.72. The number of esters is 1. The fraction of sp³-hybridized carbons (Fsp3) is 0.133. The maximum atomic E-state index is 14.6. The van der Waals surface area contributed by atoms with E-state index >= 15 is 0 Å². The highest BCUT2D eigenvalue weighted by Crippen LogP contribution is 2.53. The van der Waals surface area contributed by atoms with Gasteiger partial charge >= 0.3 is 5.97 Å². The van der Waals surface area contributed by atoms with Crippen molar-refractivity contribution in [3.8, 4) is 5.75 Å². The first kappa shape index (κ1) is 25.1. The van der Waals surface area contributed by atoms with E-state index in [0.29, 0.717) is 5.52 Å². The first-order chi connectivity index (χ1) is 19.3. The minimum atomic E-state index is -2.14. The zero-order chi connectivity index (χ0) is 28.2. The number of ether oxygens (including phenoxy) is 2. The Kier molecular flexibility index (Phi) is 5.76. The van der Waals surface area contributed by atoms with Crippen molar-refractivity contribution in [2.45, 2.75) is 11.8 Å². The molecule has 1 aliphatic heterocycles. The number of anilines is 3. The lowest BCUT2D eigenvalue weighted by Crippen LogP contribution is -2.47. The predicted molar refractivity (Wildman–Crippen MR) is 147 cm³/mol. The SMILES string of the molecule is COC(=O)CC1(C(=O)c2cc3c(cn2)[nH]c2ccccc23)C(=O)N(c2ccc(F)cc2)c2ccc(OC)c(N)c21. The number of amides is 1. The highest BCUT2D eigenvalue weighted by Gasteiger charge is 2.60. The molecule has 3 N–H and O–H groups in total. The van der Waals surface area contributed by atoms with E-state index in [0.717, 1.165) is 16.3 Å². The van der Waals surface area contributed by atoms with E-state index in [1.165, 1.54) is 49.6 Å². The van der Waals surface area contributed by atoms with Crippen LogP contribution in [0.3, 0.4) is 0 Å². The van der Waals surface area contributed by atoms with Crippen molar-refractivity contribution >= 4 is 56.5 Å². The van der Waals surface area contributed by atoms with Gasteiger partial charge in [-0.3, -0.25) is 24.3 Å². The Hall–Kier alpha value is -5.25. The molecule has 0 radical (unpaired) electrons. The number of aromatic nitrogens is 2. The number of Topliss-reactive ketones (excluding diaryl/α,β-unsaturated/α-hetero) is 1. The number of nitrogens with two attached hydrogens (primary N) is 1. The number of nitrogens with one attached hydrogen (secondary N) is 1. The van der Waals surface area contributed by atoms with Crippen molar-refractivity contribution in [1.29, 1.82) is 0 Å². The van der Waals surface area contributed by atoms with Gasteiger partial charge in [-0.25, -0.2) is 4.39 Å². The molecular formula is C30H23FN4O5. The number of methoxy groups -OCH3 is 2. The highest BCUT2D eigenvalue weighted by molar-refractivity contribution is 6.30. The van der Waals surface area contributed by atoms with Crippen molar-refractivity contribution in [3.05, 3.63) is 90.0 Å². The maximum Gasteiger partial charge on any atom is 0.307 e. The number of halogens is 1. The number of carbonyl (C=O) groups excluding carboxylic acids is 3. The van der Waals surface area contributed by atoms with Gasteiger partial charge in [0, 0.05) is 27.5 Å². The van der Waals surface area contributed by atoms with E-state index in [9.17, 15) is 18.8 Å². The molecule has 200 valence electrons. The van der Waals surface area contributed by atoms with Gasteiger partial charge in [-0.15, -0.1) is 0 Å². The Morgan fingerprint density at radius 2 is 1.77 bits per heavy atom. The Balaban J connectivity index is 1.63. The Morgan fingerprint density at radius 1 is 1.02 bits per heavy atom. The average molecular weight is 539 g/mol. The molecule has 3 heterocycles. The van der Waals surface area contributed by atoms with Gasteiger partial charge in [-0.1, -0.05) is 18.2 Å². The Labute approximate surface area is 227 Å². The van der Waals surface area contributed by atoms with E-state index in [2.05, 4.69) is 9.97 Å². The number of benzene rings is 3. The molecular weight excluding hydrogens is 515 g/mol. The summed E-state index contributed by atoms with van der Waals surface area (Å²) in [6.45, 7) is 0. The van der Waals surface area contributed by atoms with Crippen molar-refractivity contribution in [2.24, 2.45) is 0 Å². The van der Waals surface area contributed by atoms with Gasteiger partial charge in [0.15, 0.2) is 5.41 Å². The van der Waals surface area contributed by atoms with Gasteiger partial charge in [-0.05, 0) is 48.5 Å².